The molecule has 0 aliphatic carbocycles. The zero-order valence-corrected chi connectivity index (χ0v) is 5.39. The molecule has 0 aliphatic heterocycles. The summed E-state index contributed by atoms with van der Waals surface area (Å²) in [5, 5.41) is 0. The van der Waals surface area contributed by atoms with E-state index in [9.17, 15) is 4.39 Å². The van der Waals surface area contributed by atoms with E-state index in [1.807, 2.05) is 0 Å². The quantitative estimate of drug-likeness (QED) is 0.563. The van der Waals surface area contributed by atoms with Crippen molar-refractivity contribution in [2.24, 2.45) is 5.73 Å². The Morgan fingerprint density at radius 2 is 2.22 bits per heavy atom. The van der Waals surface area contributed by atoms with Gasteiger partial charge in [0.25, 0.3) is 0 Å². The van der Waals surface area contributed by atoms with Gasteiger partial charge in [-0.25, -0.2) is 4.39 Å². The van der Waals surface area contributed by atoms with Crippen LogP contribution < -0.4 is 5.73 Å². The molecular weight excluding hydrogens is 117 g/mol. The molecule has 0 spiro atoms. The number of allylic oxidation sites excluding steroid dienone is 4. The van der Waals surface area contributed by atoms with Crippen molar-refractivity contribution in [2.45, 2.75) is 6.92 Å². The summed E-state index contributed by atoms with van der Waals surface area (Å²) < 4.78 is 12.4. The van der Waals surface area contributed by atoms with Gasteiger partial charge in [-0.15, -0.1) is 0 Å². The Hall–Kier alpha value is -1.05. The molecule has 0 heterocycles. The van der Waals surface area contributed by atoms with Crippen molar-refractivity contribution in [1.29, 1.82) is 0 Å². The standard InChI is InChI=1S/C7H10FN/c1-3-7(8)6(2)4-5-9/h3-5H,1,9H2,2H3/b5-4-,7-6?. The molecule has 0 saturated carbocycles. The first kappa shape index (κ1) is 7.95. The fourth-order valence-electron chi connectivity index (χ4n) is 0.385. The first-order chi connectivity index (χ1) is 4.22. The van der Waals surface area contributed by atoms with Gasteiger partial charge in [-0.2, -0.15) is 0 Å². The van der Waals surface area contributed by atoms with Crippen molar-refractivity contribution in [3.8, 4) is 0 Å². The summed E-state index contributed by atoms with van der Waals surface area (Å²) in [4.78, 5) is 0. The molecule has 0 radical (unpaired) electrons. The topological polar surface area (TPSA) is 26.0 Å². The second kappa shape index (κ2) is 3.89. The lowest BCUT2D eigenvalue weighted by Gasteiger charge is -1.89. The minimum atomic E-state index is -0.336. The third-order valence-electron chi connectivity index (χ3n) is 0.902. The minimum absolute atomic E-state index is 0.336. The van der Waals surface area contributed by atoms with Crippen LogP contribution in [0.5, 0.6) is 0 Å². The van der Waals surface area contributed by atoms with E-state index >= 15 is 0 Å². The van der Waals surface area contributed by atoms with Crippen LogP contribution in [-0.4, -0.2) is 0 Å². The van der Waals surface area contributed by atoms with Crippen LogP contribution in [0.2, 0.25) is 0 Å². The van der Waals surface area contributed by atoms with Crippen LogP contribution in [0.3, 0.4) is 0 Å². The molecule has 0 bridgehead atoms. The molecular formula is C7H10FN. The molecule has 50 valence electrons. The van der Waals surface area contributed by atoms with Gasteiger partial charge < -0.3 is 5.73 Å². The molecule has 0 atom stereocenters. The zero-order valence-electron chi connectivity index (χ0n) is 5.39. The van der Waals surface area contributed by atoms with E-state index in [0.29, 0.717) is 5.57 Å². The van der Waals surface area contributed by atoms with Crippen LogP contribution in [0.1, 0.15) is 6.92 Å². The average Bonchev–Trinajstić information content (AvgIpc) is 1.87. The molecule has 0 aromatic rings. The molecule has 1 nitrogen and oxygen atoms in total. The largest absolute Gasteiger partial charge is 0.405 e. The van der Waals surface area contributed by atoms with Gasteiger partial charge in [-0.1, -0.05) is 6.58 Å². The first-order valence-electron chi connectivity index (χ1n) is 2.59. The monoisotopic (exact) mass is 127 g/mol. The van der Waals surface area contributed by atoms with E-state index in [2.05, 4.69) is 6.58 Å². The highest BCUT2D eigenvalue weighted by Gasteiger charge is 1.89. The zero-order chi connectivity index (χ0) is 7.28. The van der Waals surface area contributed by atoms with Gasteiger partial charge in [0.1, 0.15) is 5.83 Å². The first-order valence-corrected chi connectivity index (χ1v) is 2.59. The van der Waals surface area contributed by atoms with Crippen LogP contribution in [0.4, 0.5) is 4.39 Å². The predicted octanol–water partition coefficient (Wildman–Crippen LogP) is 1.89. The van der Waals surface area contributed by atoms with E-state index < -0.39 is 0 Å². The van der Waals surface area contributed by atoms with E-state index in [0.717, 1.165) is 6.08 Å². The van der Waals surface area contributed by atoms with Crippen molar-refractivity contribution in [3.63, 3.8) is 0 Å². The lowest BCUT2D eigenvalue weighted by atomic mass is 10.2. The third kappa shape index (κ3) is 2.69. The van der Waals surface area contributed by atoms with Gasteiger partial charge in [0, 0.05) is 0 Å². The lowest BCUT2D eigenvalue weighted by molar-refractivity contribution is 0.659. The Morgan fingerprint density at radius 3 is 2.56 bits per heavy atom. The normalized spacial score (nSPS) is 13.6. The summed E-state index contributed by atoms with van der Waals surface area (Å²) in [6, 6.07) is 0. The second-order valence-corrected chi connectivity index (χ2v) is 1.59. The fourth-order valence-corrected chi connectivity index (χ4v) is 0.385. The Labute approximate surface area is 54.4 Å². The van der Waals surface area contributed by atoms with E-state index in [4.69, 9.17) is 5.73 Å². The fraction of sp³-hybridized carbons (Fsp3) is 0.143. The average molecular weight is 127 g/mol. The number of halogens is 1. The van der Waals surface area contributed by atoms with Crippen molar-refractivity contribution in [3.05, 3.63) is 36.3 Å². The molecule has 0 amide bonds. The maximum atomic E-state index is 12.4. The van der Waals surface area contributed by atoms with E-state index in [1.165, 1.54) is 12.3 Å². The van der Waals surface area contributed by atoms with Crippen molar-refractivity contribution in [1.82, 2.24) is 0 Å². The number of nitrogens with two attached hydrogens (primary N) is 1. The van der Waals surface area contributed by atoms with Gasteiger partial charge in [0.2, 0.25) is 0 Å². The maximum absolute atomic E-state index is 12.4. The van der Waals surface area contributed by atoms with Gasteiger partial charge in [-0.05, 0) is 30.8 Å². The van der Waals surface area contributed by atoms with E-state index in [-0.39, 0.29) is 5.83 Å². The van der Waals surface area contributed by atoms with Crippen LogP contribution in [0.15, 0.2) is 36.3 Å². The summed E-state index contributed by atoms with van der Waals surface area (Å²) >= 11 is 0. The number of hydrogen-bond acceptors (Lipinski definition) is 1. The molecule has 0 rings (SSSR count). The van der Waals surface area contributed by atoms with Crippen LogP contribution >= 0.6 is 0 Å². The Kier molecular flexibility index (Phi) is 3.44. The molecule has 0 unspecified atom stereocenters. The highest BCUT2D eigenvalue weighted by atomic mass is 19.1. The molecule has 0 aromatic carbocycles. The molecule has 0 aromatic heterocycles. The van der Waals surface area contributed by atoms with Gasteiger partial charge >= 0.3 is 0 Å². The van der Waals surface area contributed by atoms with Gasteiger partial charge in [0.05, 0.1) is 0 Å². The summed E-state index contributed by atoms with van der Waals surface area (Å²) in [5.74, 6) is -0.336. The van der Waals surface area contributed by atoms with Crippen LogP contribution in [-0.2, 0) is 0 Å². The number of rotatable bonds is 2. The summed E-state index contributed by atoms with van der Waals surface area (Å²) in [6.07, 6.45) is 3.92. The molecule has 2 N–H and O–H groups in total. The Morgan fingerprint density at radius 1 is 1.67 bits per heavy atom. The van der Waals surface area contributed by atoms with Crippen molar-refractivity contribution < 1.29 is 4.39 Å². The summed E-state index contributed by atoms with van der Waals surface area (Å²) in [5.41, 5.74) is 5.50. The predicted molar refractivity (Wildman–Crippen MR) is 37.3 cm³/mol. The smallest absolute Gasteiger partial charge is 0.125 e. The second-order valence-electron chi connectivity index (χ2n) is 1.59. The molecule has 0 saturated heterocycles. The molecule has 0 aliphatic rings. The summed E-state index contributed by atoms with van der Waals surface area (Å²) in [7, 11) is 0. The number of hydrogen-bond donors (Lipinski definition) is 1. The Bertz CT molecular complexity index is 156. The molecule has 2 heteroatoms. The van der Waals surface area contributed by atoms with E-state index in [1.54, 1.807) is 6.92 Å². The van der Waals surface area contributed by atoms with Crippen molar-refractivity contribution in [2.75, 3.05) is 0 Å². The molecule has 0 fully saturated rings. The maximum Gasteiger partial charge on any atom is 0.125 e. The lowest BCUT2D eigenvalue weighted by Crippen LogP contribution is -1.79. The SMILES string of the molecule is C=CC(F)=C(C)/C=C\N. The van der Waals surface area contributed by atoms with Gasteiger partial charge in [0.15, 0.2) is 0 Å². The minimum Gasteiger partial charge on any atom is -0.405 e. The molecule has 9 heavy (non-hydrogen) atoms. The van der Waals surface area contributed by atoms with Crippen molar-refractivity contribution >= 4 is 0 Å². The van der Waals surface area contributed by atoms with Crippen LogP contribution in [0, 0.1) is 0 Å². The van der Waals surface area contributed by atoms with Crippen LogP contribution in [0.25, 0.3) is 0 Å². The highest BCUT2D eigenvalue weighted by molar-refractivity contribution is 5.24. The summed E-state index contributed by atoms with van der Waals surface area (Å²) in [6.45, 7) is 4.88. The highest BCUT2D eigenvalue weighted by Crippen LogP contribution is 2.06. The Balaban J connectivity index is 4.27. The van der Waals surface area contributed by atoms with Gasteiger partial charge in [-0.3, -0.25) is 0 Å². The third-order valence-corrected chi connectivity index (χ3v) is 0.902.